The molecule has 0 fully saturated rings. The van der Waals surface area contributed by atoms with E-state index >= 15 is 0 Å². The lowest BCUT2D eigenvalue weighted by Crippen LogP contribution is -2.20. The highest BCUT2D eigenvalue weighted by molar-refractivity contribution is 6.31. The quantitative estimate of drug-likeness (QED) is 0.579. The highest BCUT2D eigenvalue weighted by Gasteiger charge is 2.27. The third kappa shape index (κ3) is 4.28. The molecular formula is C12H20ClF. The Hall–Kier alpha value is -0.300. The normalized spacial score (nSPS) is 16.9. The molecule has 0 N–H and O–H groups in total. The van der Waals surface area contributed by atoms with Crippen LogP contribution in [0.1, 0.15) is 40.5 Å². The summed E-state index contributed by atoms with van der Waals surface area (Å²) in [6.07, 6.45) is 3.12. The molecule has 0 spiro atoms. The molecule has 0 rings (SSSR count). The van der Waals surface area contributed by atoms with Crippen molar-refractivity contribution in [2.45, 2.75) is 46.2 Å². The van der Waals surface area contributed by atoms with Gasteiger partial charge in [0.2, 0.25) is 0 Å². The maximum Gasteiger partial charge on any atom is 0.134 e. The number of hydrogen-bond donors (Lipinski definition) is 0. The number of rotatable bonds is 5. The first-order valence-corrected chi connectivity index (χ1v) is 5.43. The summed E-state index contributed by atoms with van der Waals surface area (Å²) < 4.78 is 14.0. The van der Waals surface area contributed by atoms with Gasteiger partial charge in [-0.2, -0.15) is 0 Å². The summed E-state index contributed by atoms with van der Waals surface area (Å²) in [6.45, 7) is 11.1. The van der Waals surface area contributed by atoms with E-state index in [0.29, 0.717) is 22.9 Å². The third-order valence-corrected chi connectivity index (χ3v) is 2.51. The fourth-order valence-corrected chi connectivity index (χ4v) is 1.42. The van der Waals surface area contributed by atoms with Crippen LogP contribution in [-0.2, 0) is 0 Å². The van der Waals surface area contributed by atoms with Crippen LogP contribution in [0.4, 0.5) is 4.39 Å². The standard InChI is InChI=1S/C12H20ClF/c1-6-12(5,14)11(10(4)13)8-7-9(2)3/h8-9H,4,6-7H2,1-3,5H3/b11-8+. The average molecular weight is 219 g/mol. The zero-order chi connectivity index (χ0) is 11.4. The van der Waals surface area contributed by atoms with Crippen molar-refractivity contribution in [1.82, 2.24) is 0 Å². The van der Waals surface area contributed by atoms with Crippen molar-refractivity contribution in [2.24, 2.45) is 5.92 Å². The zero-order valence-electron chi connectivity index (χ0n) is 9.53. The lowest BCUT2D eigenvalue weighted by Gasteiger charge is -2.22. The van der Waals surface area contributed by atoms with Crippen molar-refractivity contribution in [1.29, 1.82) is 0 Å². The lowest BCUT2D eigenvalue weighted by atomic mass is 9.92. The van der Waals surface area contributed by atoms with Crippen molar-refractivity contribution < 1.29 is 4.39 Å². The van der Waals surface area contributed by atoms with Crippen LogP contribution in [0, 0.1) is 5.92 Å². The fraction of sp³-hybridized carbons (Fsp3) is 0.667. The third-order valence-electron chi connectivity index (χ3n) is 2.31. The van der Waals surface area contributed by atoms with Gasteiger partial charge < -0.3 is 0 Å². The van der Waals surface area contributed by atoms with Crippen LogP contribution in [0.3, 0.4) is 0 Å². The highest BCUT2D eigenvalue weighted by atomic mass is 35.5. The van der Waals surface area contributed by atoms with Crippen LogP contribution >= 0.6 is 11.6 Å². The Kier molecular flexibility index (Phi) is 5.43. The predicted molar refractivity (Wildman–Crippen MR) is 62.3 cm³/mol. The van der Waals surface area contributed by atoms with Gasteiger partial charge in [0, 0.05) is 10.6 Å². The van der Waals surface area contributed by atoms with Crippen molar-refractivity contribution >= 4 is 11.6 Å². The SMILES string of the molecule is C=C(Cl)/C(=C\CC(C)C)C(C)(F)CC. The van der Waals surface area contributed by atoms with Crippen molar-refractivity contribution in [2.75, 3.05) is 0 Å². The van der Waals surface area contributed by atoms with Gasteiger partial charge >= 0.3 is 0 Å². The highest BCUT2D eigenvalue weighted by Crippen LogP contribution is 2.32. The molecule has 0 aromatic rings. The molecule has 82 valence electrons. The average Bonchev–Trinajstić information content (AvgIpc) is 2.03. The van der Waals surface area contributed by atoms with Gasteiger partial charge in [-0.15, -0.1) is 0 Å². The number of alkyl halides is 1. The van der Waals surface area contributed by atoms with E-state index < -0.39 is 5.67 Å². The Labute approximate surface area is 91.8 Å². The van der Waals surface area contributed by atoms with E-state index in [1.807, 2.05) is 13.0 Å². The molecule has 0 saturated carbocycles. The molecule has 1 atom stereocenters. The maximum atomic E-state index is 14.0. The number of allylic oxidation sites excluding steroid dienone is 3. The summed E-state index contributed by atoms with van der Waals surface area (Å²) >= 11 is 5.79. The molecule has 1 unspecified atom stereocenters. The maximum absolute atomic E-state index is 14.0. The zero-order valence-corrected chi connectivity index (χ0v) is 10.3. The summed E-state index contributed by atoms with van der Waals surface area (Å²) in [5, 5.41) is 0.317. The van der Waals surface area contributed by atoms with Gasteiger partial charge in [0.15, 0.2) is 0 Å². The van der Waals surface area contributed by atoms with E-state index in [1.165, 1.54) is 0 Å². The smallest absolute Gasteiger partial charge is 0.134 e. The topological polar surface area (TPSA) is 0 Å². The van der Waals surface area contributed by atoms with Gasteiger partial charge in [0.05, 0.1) is 0 Å². The van der Waals surface area contributed by atoms with E-state index in [-0.39, 0.29) is 0 Å². The molecule has 0 saturated heterocycles. The molecule has 0 aromatic heterocycles. The Morgan fingerprint density at radius 3 is 2.36 bits per heavy atom. The molecule has 0 aliphatic heterocycles. The van der Waals surface area contributed by atoms with Gasteiger partial charge in [0.25, 0.3) is 0 Å². The van der Waals surface area contributed by atoms with E-state index in [4.69, 9.17) is 11.6 Å². The molecule has 0 aliphatic rings. The van der Waals surface area contributed by atoms with Gasteiger partial charge in [0.1, 0.15) is 5.67 Å². The summed E-state index contributed by atoms with van der Waals surface area (Å²) in [5.41, 5.74) is -0.816. The lowest BCUT2D eigenvalue weighted by molar-refractivity contribution is 0.236. The Balaban J connectivity index is 4.77. The number of hydrogen-bond acceptors (Lipinski definition) is 0. The monoisotopic (exact) mass is 218 g/mol. The molecule has 2 heteroatoms. The molecule has 0 nitrogen and oxygen atoms in total. The summed E-state index contributed by atoms with van der Waals surface area (Å²) in [6, 6.07) is 0. The summed E-state index contributed by atoms with van der Waals surface area (Å²) in [5.74, 6) is 0.508. The van der Waals surface area contributed by atoms with Crippen LogP contribution in [-0.4, -0.2) is 5.67 Å². The van der Waals surface area contributed by atoms with Crippen LogP contribution in [0.5, 0.6) is 0 Å². The van der Waals surface area contributed by atoms with E-state index in [1.54, 1.807) is 6.92 Å². The van der Waals surface area contributed by atoms with Gasteiger partial charge in [-0.25, -0.2) is 4.39 Å². The Bertz CT molecular complexity index is 226. The fourth-order valence-electron chi connectivity index (χ4n) is 1.15. The minimum atomic E-state index is -1.35. The van der Waals surface area contributed by atoms with Crippen LogP contribution < -0.4 is 0 Å². The van der Waals surface area contributed by atoms with E-state index in [2.05, 4.69) is 20.4 Å². The summed E-state index contributed by atoms with van der Waals surface area (Å²) in [7, 11) is 0. The summed E-state index contributed by atoms with van der Waals surface area (Å²) in [4.78, 5) is 0. The predicted octanol–water partition coefficient (Wildman–Crippen LogP) is 4.85. The van der Waals surface area contributed by atoms with Crippen molar-refractivity contribution in [3.63, 3.8) is 0 Å². The van der Waals surface area contributed by atoms with Crippen LogP contribution in [0.15, 0.2) is 23.3 Å². The first-order valence-electron chi connectivity index (χ1n) is 5.05. The minimum absolute atomic E-state index is 0.317. The second-order valence-electron chi connectivity index (χ2n) is 4.20. The molecule has 0 radical (unpaired) electrons. The molecule has 0 amide bonds. The first kappa shape index (κ1) is 13.7. The Morgan fingerprint density at radius 2 is 2.07 bits per heavy atom. The number of halogens is 2. The van der Waals surface area contributed by atoms with Gasteiger partial charge in [-0.1, -0.05) is 45.0 Å². The molecule has 14 heavy (non-hydrogen) atoms. The van der Waals surface area contributed by atoms with Crippen LogP contribution in [0.25, 0.3) is 0 Å². The first-order chi connectivity index (χ1) is 6.31. The largest absolute Gasteiger partial charge is 0.239 e. The molecule has 0 aromatic carbocycles. The minimum Gasteiger partial charge on any atom is -0.239 e. The molecular weight excluding hydrogens is 199 g/mol. The van der Waals surface area contributed by atoms with Gasteiger partial charge in [-0.05, 0) is 25.7 Å². The molecule has 0 bridgehead atoms. The second-order valence-corrected chi connectivity index (χ2v) is 4.66. The van der Waals surface area contributed by atoms with Crippen molar-refractivity contribution in [3.05, 3.63) is 23.3 Å². The van der Waals surface area contributed by atoms with Gasteiger partial charge in [-0.3, -0.25) is 0 Å². The second kappa shape index (κ2) is 5.55. The van der Waals surface area contributed by atoms with Crippen molar-refractivity contribution in [3.8, 4) is 0 Å². The van der Waals surface area contributed by atoms with E-state index in [0.717, 1.165) is 6.42 Å². The Morgan fingerprint density at radius 1 is 1.57 bits per heavy atom. The van der Waals surface area contributed by atoms with Crippen LogP contribution in [0.2, 0.25) is 0 Å². The van der Waals surface area contributed by atoms with E-state index in [9.17, 15) is 4.39 Å². The molecule has 0 heterocycles. The molecule has 0 aliphatic carbocycles.